The van der Waals surface area contributed by atoms with E-state index in [9.17, 15) is 0 Å². The maximum Gasteiger partial charge on any atom is 0.0230 e. The molecule has 10 heavy (non-hydrogen) atoms. The smallest absolute Gasteiger partial charge is 0.0230 e. The Labute approximate surface area is 63.0 Å². The van der Waals surface area contributed by atoms with Gasteiger partial charge in [-0.1, -0.05) is 12.7 Å². The first-order valence-corrected chi connectivity index (χ1v) is 3.76. The molecule has 1 aliphatic heterocycles. The summed E-state index contributed by atoms with van der Waals surface area (Å²) < 4.78 is 0. The number of likely N-dealkylation sites (N-methyl/N-ethyl adjacent to an activating group) is 1. The minimum atomic E-state index is 1.08. The van der Waals surface area contributed by atoms with Crippen molar-refractivity contribution in [1.82, 2.24) is 4.90 Å². The number of nitrogens with zero attached hydrogens (tertiary/aromatic N) is 1. The van der Waals surface area contributed by atoms with Crippen LogP contribution in [0.15, 0.2) is 23.8 Å². The molecule has 0 N–H and O–H groups in total. The highest BCUT2D eigenvalue weighted by molar-refractivity contribution is 5.31. The molecule has 1 fully saturated rings. The normalized spacial score (nSPS) is 25.8. The monoisotopic (exact) mass is 137 g/mol. The number of rotatable bonds is 0. The van der Waals surface area contributed by atoms with E-state index in [1.807, 2.05) is 0 Å². The minimum absolute atomic E-state index is 1.08. The number of hydrogen-bond acceptors (Lipinski definition) is 1. The van der Waals surface area contributed by atoms with Gasteiger partial charge < -0.3 is 4.90 Å². The summed E-state index contributed by atoms with van der Waals surface area (Å²) in [5.41, 5.74) is 2.73. The highest BCUT2D eigenvalue weighted by Crippen LogP contribution is 2.18. The van der Waals surface area contributed by atoms with Gasteiger partial charge in [-0.2, -0.15) is 0 Å². The van der Waals surface area contributed by atoms with Gasteiger partial charge in [-0.15, -0.1) is 0 Å². The Morgan fingerprint density at radius 3 is 2.80 bits per heavy atom. The van der Waals surface area contributed by atoms with Crippen LogP contribution in [0.4, 0.5) is 0 Å². The molecule has 1 heteroatoms. The average molecular weight is 137 g/mol. The molecule has 0 atom stereocenters. The molecule has 0 spiro atoms. The molecule has 1 aliphatic rings. The molecule has 0 bridgehead atoms. The van der Waals surface area contributed by atoms with Crippen LogP contribution in [0.5, 0.6) is 0 Å². The zero-order valence-electron chi connectivity index (χ0n) is 6.85. The number of hydrogen-bond donors (Lipinski definition) is 0. The molecule has 1 heterocycles. The molecule has 0 amide bonds. The largest absolute Gasteiger partial charge is 0.302 e. The first kappa shape index (κ1) is 7.55. The van der Waals surface area contributed by atoms with Gasteiger partial charge in [-0.3, -0.25) is 0 Å². The van der Waals surface area contributed by atoms with Crippen LogP contribution in [-0.4, -0.2) is 25.0 Å². The fraction of sp³-hybridized carbons (Fsp3) is 0.556. The Balaban J connectivity index is 2.63. The predicted molar refractivity (Wildman–Crippen MR) is 45.0 cm³/mol. The molecule has 0 unspecified atom stereocenters. The van der Waals surface area contributed by atoms with Crippen molar-refractivity contribution in [1.29, 1.82) is 0 Å². The lowest BCUT2D eigenvalue weighted by Crippen LogP contribution is -2.27. The van der Waals surface area contributed by atoms with E-state index in [0.29, 0.717) is 0 Å². The van der Waals surface area contributed by atoms with Gasteiger partial charge in [-0.05, 0) is 31.5 Å². The van der Waals surface area contributed by atoms with E-state index in [4.69, 9.17) is 0 Å². The van der Waals surface area contributed by atoms with Crippen molar-refractivity contribution in [2.75, 3.05) is 20.1 Å². The second kappa shape index (κ2) is 3.02. The summed E-state index contributed by atoms with van der Waals surface area (Å²) in [5, 5.41) is 0. The lowest BCUT2D eigenvalue weighted by Gasteiger charge is -2.26. The van der Waals surface area contributed by atoms with Gasteiger partial charge in [0.25, 0.3) is 0 Å². The second-order valence-electron chi connectivity index (χ2n) is 2.91. The van der Waals surface area contributed by atoms with Crippen LogP contribution in [-0.2, 0) is 0 Å². The van der Waals surface area contributed by atoms with E-state index >= 15 is 0 Å². The first-order valence-electron chi connectivity index (χ1n) is 3.76. The summed E-state index contributed by atoms with van der Waals surface area (Å²) in [7, 11) is 2.15. The third kappa shape index (κ3) is 1.48. The molecule has 0 aromatic carbocycles. The summed E-state index contributed by atoms with van der Waals surface area (Å²) in [4.78, 5) is 2.32. The summed E-state index contributed by atoms with van der Waals surface area (Å²) in [6, 6.07) is 0. The van der Waals surface area contributed by atoms with Crippen LogP contribution >= 0.6 is 0 Å². The third-order valence-corrected chi connectivity index (χ3v) is 2.04. The lowest BCUT2D eigenvalue weighted by atomic mass is 10.00. The molecular weight excluding hydrogens is 122 g/mol. The Hall–Kier alpha value is -0.560. The third-order valence-electron chi connectivity index (χ3n) is 2.04. The molecule has 1 nitrogen and oxygen atoms in total. The summed E-state index contributed by atoms with van der Waals surface area (Å²) >= 11 is 0. The van der Waals surface area contributed by atoms with E-state index in [-0.39, 0.29) is 0 Å². The van der Waals surface area contributed by atoms with Gasteiger partial charge in [0.2, 0.25) is 0 Å². The number of allylic oxidation sites excluding steroid dienone is 1. The predicted octanol–water partition coefficient (Wildman–Crippen LogP) is 1.82. The van der Waals surface area contributed by atoms with Crippen LogP contribution in [0.1, 0.15) is 13.3 Å². The van der Waals surface area contributed by atoms with E-state index in [2.05, 4.69) is 31.5 Å². The van der Waals surface area contributed by atoms with Crippen LogP contribution in [0, 0.1) is 0 Å². The highest BCUT2D eigenvalue weighted by Gasteiger charge is 2.11. The van der Waals surface area contributed by atoms with Gasteiger partial charge in [0.15, 0.2) is 0 Å². The van der Waals surface area contributed by atoms with Crippen LogP contribution in [0.2, 0.25) is 0 Å². The van der Waals surface area contributed by atoms with Crippen LogP contribution < -0.4 is 0 Å². The van der Waals surface area contributed by atoms with E-state index in [1.54, 1.807) is 0 Å². The van der Waals surface area contributed by atoms with Crippen molar-refractivity contribution in [3.8, 4) is 0 Å². The molecule has 0 saturated carbocycles. The molecule has 0 aromatic rings. The van der Waals surface area contributed by atoms with Crippen molar-refractivity contribution in [2.45, 2.75) is 13.3 Å². The Bertz CT molecular complexity index is 168. The van der Waals surface area contributed by atoms with Gasteiger partial charge in [0.05, 0.1) is 0 Å². The van der Waals surface area contributed by atoms with E-state index < -0.39 is 0 Å². The highest BCUT2D eigenvalue weighted by atomic mass is 15.1. The summed E-state index contributed by atoms with van der Waals surface area (Å²) in [6.07, 6.45) is 3.30. The summed E-state index contributed by atoms with van der Waals surface area (Å²) in [5.74, 6) is 0. The van der Waals surface area contributed by atoms with Crippen molar-refractivity contribution >= 4 is 0 Å². The number of piperidine rings is 1. The SMILES string of the molecule is C=C1CCN(C)C/C1=C/C. The summed E-state index contributed by atoms with van der Waals surface area (Å²) in [6.45, 7) is 8.33. The number of likely N-dealkylation sites (tertiary alicyclic amines) is 1. The van der Waals surface area contributed by atoms with Gasteiger partial charge in [0.1, 0.15) is 0 Å². The second-order valence-corrected chi connectivity index (χ2v) is 2.91. The zero-order valence-corrected chi connectivity index (χ0v) is 6.85. The van der Waals surface area contributed by atoms with Crippen molar-refractivity contribution in [3.05, 3.63) is 23.8 Å². The molecular formula is C9H15N. The Morgan fingerprint density at radius 2 is 2.30 bits per heavy atom. The lowest BCUT2D eigenvalue weighted by molar-refractivity contribution is 0.348. The maximum atomic E-state index is 4.01. The quantitative estimate of drug-likeness (QED) is 0.492. The zero-order chi connectivity index (χ0) is 7.56. The first-order chi connectivity index (χ1) is 4.74. The fourth-order valence-corrected chi connectivity index (χ4v) is 1.26. The Morgan fingerprint density at radius 1 is 1.60 bits per heavy atom. The fourth-order valence-electron chi connectivity index (χ4n) is 1.26. The molecule has 1 saturated heterocycles. The van der Waals surface area contributed by atoms with Crippen molar-refractivity contribution < 1.29 is 0 Å². The van der Waals surface area contributed by atoms with Gasteiger partial charge in [0, 0.05) is 13.1 Å². The topological polar surface area (TPSA) is 3.24 Å². The average Bonchev–Trinajstić information content (AvgIpc) is 1.94. The van der Waals surface area contributed by atoms with Gasteiger partial charge in [-0.25, -0.2) is 0 Å². The van der Waals surface area contributed by atoms with Crippen molar-refractivity contribution in [3.63, 3.8) is 0 Å². The minimum Gasteiger partial charge on any atom is -0.302 e. The molecule has 0 aromatic heterocycles. The van der Waals surface area contributed by atoms with Gasteiger partial charge >= 0.3 is 0 Å². The maximum absolute atomic E-state index is 4.01. The van der Waals surface area contributed by atoms with Crippen molar-refractivity contribution in [2.24, 2.45) is 0 Å². The van der Waals surface area contributed by atoms with E-state index in [0.717, 1.165) is 19.5 Å². The standard InChI is InChI=1S/C9H15N/c1-4-9-7-10(3)6-5-8(9)2/h4H,2,5-7H2,1,3H3/b9-4-. The van der Waals surface area contributed by atoms with E-state index in [1.165, 1.54) is 11.1 Å². The molecule has 1 rings (SSSR count). The van der Waals surface area contributed by atoms with Crippen LogP contribution in [0.3, 0.4) is 0 Å². The molecule has 56 valence electrons. The Kier molecular flexibility index (Phi) is 2.28. The molecule has 0 aliphatic carbocycles. The molecule has 0 radical (unpaired) electrons. The van der Waals surface area contributed by atoms with Crippen LogP contribution in [0.25, 0.3) is 0 Å².